The Morgan fingerprint density at radius 2 is 1.91 bits per heavy atom. The number of aryl methyl sites for hydroxylation is 2. The number of benzene rings is 1. The number of carbonyl (C=O) groups excluding carboxylic acids is 2. The van der Waals surface area contributed by atoms with E-state index in [1.807, 2.05) is 43.9 Å². The molecule has 1 N–H and O–H groups in total. The summed E-state index contributed by atoms with van der Waals surface area (Å²) in [7, 11) is 0. The zero-order valence-electron chi connectivity index (χ0n) is 14.2. The van der Waals surface area contributed by atoms with Crippen LogP contribution in [0.4, 0.5) is 0 Å². The summed E-state index contributed by atoms with van der Waals surface area (Å²) in [5.74, 6) is 0.808. The zero-order valence-corrected chi connectivity index (χ0v) is 14.2. The summed E-state index contributed by atoms with van der Waals surface area (Å²) in [5, 5.41) is 2.99. The van der Waals surface area contributed by atoms with Gasteiger partial charge >= 0.3 is 0 Å². The van der Waals surface area contributed by atoms with Gasteiger partial charge in [0.2, 0.25) is 5.91 Å². The number of rotatable bonds is 5. The van der Waals surface area contributed by atoms with E-state index in [0.717, 1.165) is 24.2 Å². The van der Waals surface area contributed by atoms with E-state index in [1.165, 1.54) is 5.56 Å². The molecule has 1 aliphatic heterocycles. The predicted molar refractivity (Wildman–Crippen MR) is 89.4 cm³/mol. The lowest BCUT2D eigenvalue weighted by molar-refractivity contribution is -0.134. The number of carbonyl (C=O) groups is 2. The number of ether oxygens (including phenoxy) is 1. The Morgan fingerprint density at radius 1 is 1.22 bits per heavy atom. The van der Waals surface area contributed by atoms with E-state index in [4.69, 9.17) is 4.74 Å². The van der Waals surface area contributed by atoms with Gasteiger partial charge in [-0.25, -0.2) is 0 Å². The highest BCUT2D eigenvalue weighted by Gasteiger charge is 2.23. The molecule has 0 unspecified atom stereocenters. The summed E-state index contributed by atoms with van der Waals surface area (Å²) in [5.41, 5.74) is 2.36. The fourth-order valence-corrected chi connectivity index (χ4v) is 2.64. The molecule has 0 saturated carbocycles. The van der Waals surface area contributed by atoms with Gasteiger partial charge in [-0.05, 0) is 49.9 Å². The number of likely N-dealkylation sites (tertiary alicyclic amines) is 1. The molecular weight excluding hydrogens is 292 g/mol. The molecule has 1 saturated heterocycles. The highest BCUT2D eigenvalue weighted by atomic mass is 16.5. The minimum absolute atomic E-state index is 0.00324. The Balaban J connectivity index is 1.76. The summed E-state index contributed by atoms with van der Waals surface area (Å²) in [4.78, 5) is 25.4. The largest absolute Gasteiger partial charge is 0.484 e. The maximum atomic E-state index is 12.2. The van der Waals surface area contributed by atoms with Crippen LogP contribution in [-0.2, 0) is 9.59 Å². The zero-order chi connectivity index (χ0) is 16.8. The van der Waals surface area contributed by atoms with Crippen LogP contribution in [0.2, 0.25) is 0 Å². The summed E-state index contributed by atoms with van der Waals surface area (Å²) in [6.45, 7) is 7.32. The van der Waals surface area contributed by atoms with E-state index in [1.54, 1.807) is 0 Å². The van der Waals surface area contributed by atoms with Crippen LogP contribution in [0, 0.1) is 13.8 Å². The SMILES string of the molecule is CCC(=O)NC1CCN(C(=O)COc2ccc(C)c(C)c2)CC1. The quantitative estimate of drug-likeness (QED) is 0.905. The van der Waals surface area contributed by atoms with Crippen molar-refractivity contribution in [2.75, 3.05) is 19.7 Å². The van der Waals surface area contributed by atoms with Gasteiger partial charge in [0, 0.05) is 25.6 Å². The van der Waals surface area contributed by atoms with Crippen LogP contribution in [0.15, 0.2) is 18.2 Å². The monoisotopic (exact) mass is 318 g/mol. The lowest BCUT2D eigenvalue weighted by Crippen LogP contribution is -2.47. The topological polar surface area (TPSA) is 58.6 Å². The maximum absolute atomic E-state index is 12.2. The van der Waals surface area contributed by atoms with Crippen molar-refractivity contribution in [3.05, 3.63) is 29.3 Å². The van der Waals surface area contributed by atoms with E-state index in [9.17, 15) is 9.59 Å². The highest BCUT2D eigenvalue weighted by Crippen LogP contribution is 2.17. The third-order valence-corrected chi connectivity index (χ3v) is 4.37. The van der Waals surface area contributed by atoms with Crippen molar-refractivity contribution in [2.45, 2.75) is 46.1 Å². The number of nitrogens with one attached hydrogen (secondary N) is 1. The molecule has 0 spiro atoms. The van der Waals surface area contributed by atoms with Crippen LogP contribution in [0.3, 0.4) is 0 Å². The van der Waals surface area contributed by atoms with E-state index >= 15 is 0 Å². The summed E-state index contributed by atoms with van der Waals surface area (Å²) >= 11 is 0. The minimum Gasteiger partial charge on any atom is -0.484 e. The van der Waals surface area contributed by atoms with E-state index in [-0.39, 0.29) is 24.5 Å². The van der Waals surface area contributed by atoms with Crippen molar-refractivity contribution in [1.29, 1.82) is 0 Å². The van der Waals surface area contributed by atoms with Crippen molar-refractivity contribution < 1.29 is 14.3 Å². The number of hydrogen-bond donors (Lipinski definition) is 1. The molecular formula is C18H26N2O3. The van der Waals surface area contributed by atoms with E-state index in [2.05, 4.69) is 5.32 Å². The van der Waals surface area contributed by atoms with Gasteiger partial charge in [0.1, 0.15) is 5.75 Å². The Morgan fingerprint density at radius 3 is 2.52 bits per heavy atom. The molecule has 0 radical (unpaired) electrons. The molecule has 5 heteroatoms. The summed E-state index contributed by atoms with van der Waals surface area (Å²) < 4.78 is 5.60. The lowest BCUT2D eigenvalue weighted by Gasteiger charge is -2.32. The lowest BCUT2D eigenvalue weighted by atomic mass is 10.0. The second-order valence-corrected chi connectivity index (χ2v) is 6.11. The average molecular weight is 318 g/mol. The van der Waals surface area contributed by atoms with Crippen molar-refractivity contribution in [3.63, 3.8) is 0 Å². The third kappa shape index (κ3) is 4.98. The molecule has 1 aromatic carbocycles. The second kappa shape index (κ2) is 7.99. The van der Waals surface area contributed by atoms with Gasteiger partial charge < -0.3 is 15.0 Å². The van der Waals surface area contributed by atoms with Crippen LogP contribution < -0.4 is 10.1 Å². The van der Waals surface area contributed by atoms with E-state index in [0.29, 0.717) is 19.5 Å². The molecule has 0 aromatic heterocycles. The van der Waals surface area contributed by atoms with E-state index < -0.39 is 0 Å². The predicted octanol–water partition coefficient (Wildman–Crippen LogP) is 2.20. The smallest absolute Gasteiger partial charge is 0.260 e. The third-order valence-electron chi connectivity index (χ3n) is 4.37. The molecule has 1 fully saturated rings. The number of nitrogens with zero attached hydrogens (tertiary/aromatic N) is 1. The van der Waals surface area contributed by atoms with Crippen molar-refractivity contribution in [3.8, 4) is 5.75 Å². The molecule has 0 bridgehead atoms. The first-order valence-corrected chi connectivity index (χ1v) is 8.26. The summed E-state index contributed by atoms with van der Waals surface area (Å²) in [6, 6.07) is 6.03. The summed E-state index contributed by atoms with van der Waals surface area (Å²) in [6.07, 6.45) is 2.12. The van der Waals surface area contributed by atoms with Crippen molar-refractivity contribution in [2.24, 2.45) is 0 Å². The highest BCUT2D eigenvalue weighted by molar-refractivity contribution is 5.78. The maximum Gasteiger partial charge on any atom is 0.260 e. The first-order chi connectivity index (χ1) is 11.0. The minimum atomic E-state index is 0.00324. The fourth-order valence-electron chi connectivity index (χ4n) is 2.64. The van der Waals surface area contributed by atoms with Crippen molar-refractivity contribution in [1.82, 2.24) is 10.2 Å². The molecule has 2 amide bonds. The van der Waals surface area contributed by atoms with Gasteiger partial charge in [0.05, 0.1) is 0 Å². The Labute approximate surface area is 138 Å². The van der Waals surface area contributed by atoms with Gasteiger partial charge in [0.25, 0.3) is 5.91 Å². The molecule has 2 rings (SSSR count). The Hall–Kier alpha value is -2.04. The van der Waals surface area contributed by atoms with Crippen LogP contribution >= 0.6 is 0 Å². The first-order valence-electron chi connectivity index (χ1n) is 8.26. The molecule has 5 nitrogen and oxygen atoms in total. The van der Waals surface area contributed by atoms with Gasteiger partial charge in [-0.15, -0.1) is 0 Å². The van der Waals surface area contributed by atoms with Gasteiger partial charge in [-0.2, -0.15) is 0 Å². The number of piperidine rings is 1. The Bertz CT molecular complexity index is 563. The molecule has 126 valence electrons. The number of amides is 2. The molecule has 23 heavy (non-hydrogen) atoms. The molecule has 1 heterocycles. The van der Waals surface area contributed by atoms with Crippen LogP contribution in [0.5, 0.6) is 5.75 Å². The normalized spacial score (nSPS) is 15.3. The first kappa shape index (κ1) is 17.3. The van der Waals surface area contributed by atoms with Crippen molar-refractivity contribution >= 4 is 11.8 Å². The second-order valence-electron chi connectivity index (χ2n) is 6.11. The molecule has 0 atom stereocenters. The number of hydrogen-bond acceptors (Lipinski definition) is 3. The van der Waals surface area contributed by atoms with Crippen LogP contribution in [-0.4, -0.2) is 42.5 Å². The molecule has 1 aromatic rings. The standard InChI is InChI=1S/C18H26N2O3/c1-4-17(21)19-15-7-9-20(10-8-15)18(22)12-23-16-6-5-13(2)14(3)11-16/h5-6,11,15H,4,7-10,12H2,1-3H3,(H,19,21). The van der Waals surface area contributed by atoms with Gasteiger partial charge in [-0.1, -0.05) is 13.0 Å². The van der Waals surface area contributed by atoms with Crippen LogP contribution in [0.25, 0.3) is 0 Å². The average Bonchev–Trinajstić information content (AvgIpc) is 2.56. The Kier molecular flexibility index (Phi) is 6.02. The van der Waals surface area contributed by atoms with Gasteiger partial charge in [-0.3, -0.25) is 9.59 Å². The fraction of sp³-hybridized carbons (Fsp3) is 0.556. The molecule has 0 aliphatic carbocycles. The van der Waals surface area contributed by atoms with Crippen LogP contribution in [0.1, 0.15) is 37.3 Å². The molecule has 1 aliphatic rings. The van der Waals surface area contributed by atoms with Gasteiger partial charge in [0.15, 0.2) is 6.61 Å².